The van der Waals surface area contributed by atoms with Crippen LogP contribution in [0, 0.1) is 5.82 Å². The zero-order valence-electron chi connectivity index (χ0n) is 13.4. The summed E-state index contributed by atoms with van der Waals surface area (Å²) in [5, 5.41) is 10.6. The third-order valence-corrected chi connectivity index (χ3v) is 5.23. The first-order chi connectivity index (χ1) is 11.4. The van der Waals surface area contributed by atoms with Gasteiger partial charge in [0.2, 0.25) is 0 Å². The molecule has 0 fully saturated rings. The highest BCUT2D eigenvalue weighted by molar-refractivity contribution is 6.31. The molecule has 0 aliphatic heterocycles. The molecule has 3 aromatic rings. The molecule has 24 heavy (non-hydrogen) atoms. The Bertz CT molecular complexity index is 976. The molecule has 0 unspecified atom stereocenters. The third-order valence-electron chi connectivity index (χ3n) is 4.94. The molecule has 0 saturated carbocycles. The predicted octanol–water partition coefficient (Wildman–Crippen LogP) is 6.16. The first-order valence-electron chi connectivity index (χ1n) is 7.83. The number of halogens is 2. The lowest BCUT2D eigenvalue weighted by Crippen LogP contribution is -2.14. The molecule has 0 heterocycles. The number of fused-ring (bicyclic) bond motifs is 3. The number of benzene rings is 3. The molecule has 0 radical (unpaired) electrons. The fourth-order valence-electron chi connectivity index (χ4n) is 3.66. The van der Waals surface area contributed by atoms with Gasteiger partial charge in [-0.15, -0.1) is 0 Å². The van der Waals surface area contributed by atoms with Gasteiger partial charge in [0.15, 0.2) is 0 Å². The van der Waals surface area contributed by atoms with Crippen LogP contribution in [0.1, 0.15) is 25.0 Å². The van der Waals surface area contributed by atoms with Gasteiger partial charge in [-0.1, -0.05) is 61.8 Å². The molecule has 3 aromatic carbocycles. The second-order valence-corrected chi connectivity index (χ2v) is 7.09. The van der Waals surface area contributed by atoms with Gasteiger partial charge in [-0.2, -0.15) is 0 Å². The minimum Gasteiger partial charge on any atom is -0.507 e. The van der Waals surface area contributed by atoms with E-state index in [1.54, 1.807) is 18.2 Å². The van der Waals surface area contributed by atoms with Gasteiger partial charge in [0.25, 0.3) is 0 Å². The molecular formula is C21H16ClFO. The quantitative estimate of drug-likeness (QED) is 0.563. The molecule has 120 valence electrons. The second-order valence-electron chi connectivity index (χ2n) is 6.69. The first-order valence-corrected chi connectivity index (χ1v) is 8.21. The van der Waals surface area contributed by atoms with E-state index in [1.807, 2.05) is 18.2 Å². The van der Waals surface area contributed by atoms with E-state index in [-0.39, 0.29) is 16.2 Å². The van der Waals surface area contributed by atoms with Crippen LogP contribution >= 0.6 is 11.6 Å². The van der Waals surface area contributed by atoms with Crippen LogP contribution in [0.25, 0.3) is 22.3 Å². The standard InChI is InChI=1S/C21H16ClFO/c1-21(2)16-8-4-3-6-12(16)14-10-15(19(24)11-17(14)21)13-7-5-9-18(22)20(13)23/h3-11,24H,1-2H3. The monoisotopic (exact) mass is 338 g/mol. The summed E-state index contributed by atoms with van der Waals surface area (Å²) in [4.78, 5) is 0. The number of rotatable bonds is 1. The summed E-state index contributed by atoms with van der Waals surface area (Å²) in [5.74, 6) is -0.448. The molecule has 0 aromatic heterocycles. The molecule has 3 heteroatoms. The average Bonchev–Trinajstić information content (AvgIpc) is 2.78. The van der Waals surface area contributed by atoms with Gasteiger partial charge in [0.1, 0.15) is 11.6 Å². The molecule has 1 nitrogen and oxygen atoms in total. The lowest BCUT2D eigenvalue weighted by atomic mass is 9.82. The van der Waals surface area contributed by atoms with Gasteiger partial charge in [0, 0.05) is 16.5 Å². The highest BCUT2D eigenvalue weighted by Gasteiger charge is 2.36. The van der Waals surface area contributed by atoms with Gasteiger partial charge in [-0.3, -0.25) is 0 Å². The third kappa shape index (κ3) is 1.99. The number of phenolic OH excluding ortho intramolecular Hbond substituents is 1. The van der Waals surface area contributed by atoms with Gasteiger partial charge in [-0.05, 0) is 40.5 Å². The predicted molar refractivity (Wildman–Crippen MR) is 96.1 cm³/mol. The molecule has 0 atom stereocenters. The van der Waals surface area contributed by atoms with Crippen molar-refractivity contribution in [2.45, 2.75) is 19.3 Å². The molecule has 1 N–H and O–H groups in total. The fraction of sp³-hybridized carbons (Fsp3) is 0.143. The number of aromatic hydroxyl groups is 1. The van der Waals surface area contributed by atoms with E-state index in [1.165, 1.54) is 11.6 Å². The van der Waals surface area contributed by atoms with Crippen LogP contribution in [0.4, 0.5) is 4.39 Å². The van der Waals surface area contributed by atoms with Crippen molar-refractivity contribution in [1.82, 2.24) is 0 Å². The average molecular weight is 339 g/mol. The van der Waals surface area contributed by atoms with Gasteiger partial charge in [-0.25, -0.2) is 4.39 Å². The van der Waals surface area contributed by atoms with Crippen LogP contribution in [0.2, 0.25) is 5.02 Å². The summed E-state index contributed by atoms with van der Waals surface area (Å²) in [6, 6.07) is 16.6. The van der Waals surface area contributed by atoms with Crippen molar-refractivity contribution < 1.29 is 9.50 Å². The summed E-state index contributed by atoms with van der Waals surface area (Å²) in [6.07, 6.45) is 0. The van der Waals surface area contributed by atoms with E-state index in [4.69, 9.17) is 11.6 Å². The molecule has 0 spiro atoms. The zero-order valence-corrected chi connectivity index (χ0v) is 14.2. The molecule has 0 saturated heterocycles. The largest absolute Gasteiger partial charge is 0.507 e. The van der Waals surface area contributed by atoms with Crippen molar-refractivity contribution in [2.24, 2.45) is 0 Å². The molecule has 0 amide bonds. The Morgan fingerprint density at radius 3 is 2.33 bits per heavy atom. The van der Waals surface area contributed by atoms with E-state index < -0.39 is 5.82 Å². The van der Waals surface area contributed by atoms with Crippen molar-refractivity contribution in [3.8, 4) is 28.0 Å². The number of hydrogen-bond acceptors (Lipinski definition) is 1. The molecule has 1 aliphatic rings. The number of hydrogen-bond donors (Lipinski definition) is 1. The van der Waals surface area contributed by atoms with Crippen LogP contribution in [0.15, 0.2) is 54.6 Å². The van der Waals surface area contributed by atoms with Gasteiger partial charge in [0.05, 0.1) is 5.02 Å². The van der Waals surface area contributed by atoms with Crippen LogP contribution in [0.5, 0.6) is 5.75 Å². The van der Waals surface area contributed by atoms with E-state index in [0.29, 0.717) is 11.1 Å². The smallest absolute Gasteiger partial charge is 0.149 e. The first kappa shape index (κ1) is 15.2. The number of phenols is 1. The SMILES string of the molecule is CC1(C)c2ccccc2-c2cc(-c3cccc(Cl)c3F)c(O)cc21. The maximum absolute atomic E-state index is 14.4. The minimum atomic E-state index is -0.514. The Labute approximate surface area is 145 Å². The molecule has 0 bridgehead atoms. The van der Waals surface area contributed by atoms with Crippen molar-refractivity contribution in [1.29, 1.82) is 0 Å². The van der Waals surface area contributed by atoms with Gasteiger partial charge >= 0.3 is 0 Å². The van der Waals surface area contributed by atoms with Crippen molar-refractivity contribution in [3.05, 3.63) is 76.6 Å². The Kier molecular flexibility index (Phi) is 3.23. The van der Waals surface area contributed by atoms with E-state index in [2.05, 4.69) is 26.0 Å². The van der Waals surface area contributed by atoms with Crippen molar-refractivity contribution in [3.63, 3.8) is 0 Å². The summed E-state index contributed by atoms with van der Waals surface area (Å²) in [6.45, 7) is 4.27. The van der Waals surface area contributed by atoms with Crippen LogP contribution in [0.3, 0.4) is 0 Å². The normalized spacial score (nSPS) is 14.3. The molecule has 1 aliphatic carbocycles. The van der Waals surface area contributed by atoms with E-state index >= 15 is 0 Å². The van der Waals surface area contributed by atoms with Gasteiger partial charge < -0.3 is 5.11 Å². The minimum absolute atomic E-state index is 0.0492. The highest BCUT2D eigenvalue weighted by atomic mass is 35.5. The van der Waals surface area contributed by atoms with Crippen molar-refractivity contribution in [2.75, 3.05) is 0 Å². The Morgan fingerprint density at radius 1 is 0.833 bits per heavy atom. The lowest BCUT2D eigenvalue weighted by Gasteiger charge is -2.22. The maximum Gasteiger partial charge on any atom is 0.149 e. The highest BCUT2D eigenvalue weighted by Crippen LogP contribution is 2.51. The summed E-state index contributed by atoms with van der Waals surface area (Å²) < 4.78 is 14.4. The Hall–Kier alpha value is -2.32. The zero-order chi connectivity index (χ0) is 17.1. The maximum atomic E-state index is 14.4. The summed E-state index contributed by atoms with van der Waals surface area (Å²) in [5.41, 5.74) is 4.99. The van der Waals surface area contributed by atoms with E-state index in [9.17, 15) is 9.50 Å². The molecular weight excluding hydrogens is 323 g/mol. The van der Waals surface area contributed by atoms with Crippen LogP contribution in [-0.4, -0.2) is 5.11 Å². The van der Waals surface area contributed by atoms with Crippen LogP contribution in [-0.2, 0) is 5.41 Å². The Balaban J connectivity index is 2.02. The Morgan fingerprint density at radius 2 is 1.54 bits per heavy atom. The topological polar surface area (TPSA) is 20.2 Å². The fourth-order valence-corrected chi connectivity index (χ4v) is 3.84. The van der Waals surface area contributed by atoms with Crippen LogP contribution < -0.4 is 0 Å². The molecule has 4 rings (SSSR count). The second kappa shape index (κ2) is 5.09. The summed E-state index contributed by atoms with van der Waals surface area (Å²) in [7, 11) is 0. The van der Waals surface area contributed by atoms with Crippen molar-refractivity contribution >= 4 is 11.6 Å². The van der Waals surface area contributed by atoms with E-state index in [0.717, 1.165) is 16.7 Å². The lowest BCUT2D eigenvalue weighted by molar-refractivity contribution is 0.474. The summed E-state index contributed by atoms with van der Waals surface area (Å²) >= 11 is 5.90.